The van der Waals surface area contributed by atoms with E-state index in [0.29, 0.717) is 12.0 Å². The molecule has 0 aliphatic heterocycles. The molecular weight excluding hydrogens is 241 g/mol. The Morgan fingerprint density at radius 2 is 2.26 bits per heavy atom. The summed E-state index contributed by atoms with van der Waals surface area (Å²) in [5.41, 5.74) is 1.13. The molecule has 2 aromatic rings. The molecule has 4 heteroatoms. The van der Waals surface area contributed by atoms with E-state index in [1.807, 2.05) is 12.3 Å². The molecule has 0 amide bonds. The lowest BCUT2D eigenvalue weighted by atomic mass is 9.76. The zero-order valence-corrected chi connectivity index (χ0v) is 10.8. The molecule has 1 saturated carbocycles. The van der Waals surface area contributed by atoms with E-state index in [0.717, 1.165) is 37.2 Å². The predicted molar refractivity (Wildman–Crippen MR) is 72.5 cm³/mol. The molecule has 1 fully saturated rings. The second-order valence-electron chi connectivity index (χ2n) is 5.16. The maximum absolute atomic E-state index is 13.1. The van der Waals surface area contributed by atoms with Crippen molar-refractivity contribution in [3.05, 3.63) is 53.9 Å². The van der Waals surface area contributed by atoms with Crippen LogP contribution >= 0.6 is 0 Å². The highest BCUT2D eigenvalue weighted by Gasteiger charge is 2.29. The van der Waals surface area contributed by atoms with Gasteiger partial charge in [0.2, 0.25) is 0 Å². The van der Waals surface area contributed by atoms with Crippen LogP contribution in [0.25, 0.3) is 0 Å². The lowest BCUT2D eigenvalue weighted by Gasteiger charge is -2.36. The molecule has 0 radical (unpaired) electrons. The van der Waals surface area contributed by atoms with Gasteiger partial charge in [0.25, 0.3) is 0 Å². The summed E-state index contributed by atoms with van der Waals surface area (Å²) < 4.78 is 13.1. The number of aromatic nitrogens is 2. The van der Waals surface area contributed by atoms with Gasteiger partial charge in [-0.3, -0.25) is 0 Å². The minimum atomic E-state index is -0.133. The third-order valence-corrected chi connectivity index (χ3v) is 3.81. The lowest BCUT2D eigenvalue weighted by Crippen LogP contribution is -2.41. The second kappa shape index (κ2) is 5.53. The topological polar surface area (TPSA) is 40.7 Å². The molecule has 1 aliphatic carbocycles. The first-order chi connectivity index (χ1) is 9.31. The molecule has 2 N–H and O–H groups in total. The van der Waals surface area contributed by atoms with Crippen molar-refractivity contribution in [2.45, 2.75) is 31.2 Å². The highest BCUT2D eigenvalue weighted by molar-refractivity contribution is 5.23. The summed E-state index contributed by atoms with van der Waals surface area (Å²) in [5.74, 6) is 1.40. The number of imidazole rings is 1. The van der Waals surface area contributed by atoms with Gasteiger partial charge in [-0.05, 0) is 36.5 Å². The Morgan fingerprint density at radius 3 is 3.00 bits per heavy atom. The molecule has 1 aromatic heterocycles. The van der Waals surface area contributed by atoms with Gasteiger partial charge in [-0.2, -0.15) is 0 Å². The molecule has 1 heterocycles. The maximum atomic E-state index is 13.1. The van der Waals surface area contributed by atoms with Crippen molar-refractivity contribution >= 4 is 0 Å². The fourth-order valence-electron chi connectivity index (χ4n) is 2.65. The Bertz CT molecular complexity index is 518. The van der Waals surface area contributed by atoms with Crippen LogP contribution in [-0.4, -0.2) is 22.6 Å². The summed E-state index contributed by atoms with van der Waals surface area (Å²) >= 11 is 0. The van der Waals surface area contributed by atoms with Crippen molar-refractivity contribution < 1.29 is 4.39 Å². The Hall–Kier alpha value is -1.68. The van der Waals surface area contributed by atoms with E-state index >= 15 is 0 Å². The summed E-state index contributed by atoms with van der Waals surface area (Å²) in [5, 5.41) is 3.52. The van der Waals surface area contributed by atoms with Crippen molar-refractivity contribution in [1.29, 1.82) is 0 Å². The first-order valence-corrected chi connectivity index (χ1v) is 6.78. The van der Waals surface area contributed by atoms with Gasteiger partial charge in [-0.1, -0.05) is 12.1 Å². The number of aromatic amines is 1. The third kappa shape index (κ3) is 3.01. The molecule has 100 valence electrons. The minimum Gasteiger partial charge on any atom is -0.349 e. The van der Waals surface area contributed by atoms with Crippen LogP contribution in [0.3, 0.4) is 0 Å². The van der Waals surface area contributed by atoms with E-state index in [-0.39, 0.29) is 5.82 Å². The van der Waals surface area contributed by atoms with Crippen LogP contribution in [0.15, 0.2) is 36.7 Å². The number of rotatable bonds is 5. The average molecular weight is 259 g/mol. The Morgan fingerprint density at radius 1 is 1.37 bits per heavy atom. The maximum Gasteiger partial charge on any atom is 0.123 e. The van der Waals surface area contributed by atoms with Crippen molar-refractivity contribution in [3.63, 3.8) is 0 Å². The van der Waals surface area contributed by atoms with Gasteiger partial charge in [-0.15, -0.1) is 0 Å². The van der Waals surface area contributed by atoms with Crippen molar-refractivity contribution in [2.24, 2.45) is 0 Å². The van der Waals surface area contributed by atoms with Gasteiger partial charge in [0.15, 0.2) is 0 Å². The molecule has 1 aromatic carbocycles. The normalized spacial score (nSPS) is 22.2. The standard InChI is InChI=1S/C15H18FN3/c16-13-3-1-2-11(8-13)12-9-14(10-12)17-5-4-15-18-6-7-19-15/h1-3,6-8,12,14,17H,4-5,9-10H2,(H,18,19). The second-order valence-corrected chi connectivity index (χ2v) is 5.16. The summed E-state index contributed by atoms with van der Waals surface area (Å²) in [6.07, 6.45) is 6.74. The van der Waals surface area contributed by atoms with Crippen molar-refractivity contribution in [1.82, 2.24) is 15.3 Å². The molecule has 0 saturated heterocycles. The van der Waals surface area contributed by atoms with E-state index in [1.54, 1.807) is 18.3 Å². The Kier molecular flexibility index (Phi) is 3.60. The number of H-pyrrole nitrogens is 1. The fraction of sp³-hybridized carbons (Fsp3) is 0.400. The van der Waals surface area contributed by atoms with Crippen LogP contribution in [0.2, 0.25) is 0 Å². The molecule has 3 nitrogen and oxygen atoms in total. The van der Waals surface area contributed by atoms with Crippen molar-refractivity contribution in [3.8, 4) is 0 Å². The number of hydrogen-bond donors (Lipinski definition) is 2. The first-order valence-electron chi connectivity index (χ1n) is 6.78. The van der Waals surface area contributed by atoms with E-state index in [1.165, 1.54) is 6.07 Å². The summed E-state index contributed by atoms with van der Waals surface area (Å²) in [4.78, 5) is 7.29. The highest BCUT2D eigenvalue weighted by Crippen LogP contribution is 2.36. The van der Waals surface area contributed by atoms with Crippen LogP contribution in [0.5, 0.6) is 0 Å². The lowest BCUT2D eigenvalue weighted by molar-refractivity contribution is 0.292. The highest BCUT2D eigenvalue weighted by atomic mass is 19.1. The largest absolute Gasteiger partial charge is 0.349 e. The monoisotopic (exact) mass is 259 g/mol. The van der Waals surface area contributed by atoms with Gasteiger partial charge in [-0.25, -0.2) is 9.37 Å². The van der Waals surface area contributed by atoms with E-state index in [2.05, 4.69) is 15.3 Å². The van der Waals surface area contributed by atoms with Crippen LogP contribution in [0.1, 0.15) is 30.1 Å². The Labute approximate surface area is 112 Å². The molecule has 0 spiro atoms. The van der Waals surface area contributed by atoms with Crippen LogP contribution in [0, 0.1) is 5.82 Å². The minimum absolute atomic E-state index is 0.133. The molecule has 19 heavy (non-hydrogen) atoms. The zero-order valence-electron chi connectivity index (χ0n) is 10.8. The number of nitrogens with zero attached hydrogens (tertiary/aromatic N) is 1. The molecule has 1 aliphatic rings. The molecule has 0 unspecified atom stereocenters. The number of halogens is 1. The molecular formula is C15H18FN3. The third-order valence-electron chi connectivity index (χ3n) is 3.81. The molecule has 3 rings (SSSR count). The quantitative estimate of drug-likeness (QED) is 0.866. The van der Waals surface area contributed by atoms with Gasteiger partial charge in [0.1, 0.15) is 11.6 Å². The van der Waals surface area contributed by atoms with Crippen LogP contribution in [0.4, 0.5) is 4.39 Å². The average Bonchev–Trinajstić information content (AvgIpc) is 2.85. The SMILES string of the molecule is Fc1cccc(C2CC(NCCc3ncc[nH]3)C2)c1. The first kappa shape index (κ1) is 12.4. The van der Waals surface area contributed by atoms with Gasteiger partial charge < -0.3 is 10.3 Å². The van der Waals surface area contributed by atoms with Crippen LogP contribution in [-0.2, 0) is 6.42 Å². The summed E-state index contributed by atoms with van der Waals surface area (Å²) in [6, 6.07) is 7.53. The smallest absolute Gasteiger partial charge is 0.123 e. The summed E-state index contributed by atoms with van der Waals surface area (Å²) in [6.45, 7) is 0.939. The number of benzene rings is 1. The summed E-state index contributed by atoms with van der Waals surface area (Å²) in [7, 11) is 0. The van der Waals surface area contributed by atoms with E-state index in [4.69, 9.17) is 0 Å². The number of hydrogen-bond acceptors (Lipinski definition) is 2. The van der Waals surface area contributed by atoms with Gasteiger partial charge in [0.05, 0.1) is 0 Å². The van der Waals surface area contributed by atoms with Crippen LogP contribution < -0.4 is 5.32 Å². The predicted octanol–water partition coefficient (Wildman–Crippen LogP) is 2.63. The number of nitrogens with one attached hydrogen (secondary N) is 2. The van der Waals surface area contributed by atoms with Gasteiger partial charge in [0, 0.05) is 31.4 Å². The van der Waals surface area contributed by atoms with E-state index in [9.17, 15) is 4.39 Å². The van der Waals surface area contributed by atoms with Gasteiger partial charge >= 0.3 is 0 Å². The molecule has 0 atom stereocenters. The van der Waals surface area contributed by atoms with E-state index < -0.39 is 0 Å². The van der Waals surface area contributed by atoms with Crippen molar-refractivity contribution in [2.75, 3.05) is 6.54 Å². The fourth-order valence-corrected chi connectivity index (χ4v) is 2.65. The zero-order chi connectivity index (χ0) is 13.1. The Balaban J connectivity index is 1.41. The molecule has 0 bridgehead atoms.